The molecule has 0 spiro atoms. The molecule has 0 bridgehead atoms. The molecule has 0 saturated carbocycles. The number of carbonyl (C=O) groups is 2. The van der Waals surface area contributed by atoms with Crippen LogP contribution in [0.1, 0.15) is 20.7 Å². The predicted molar refractivity (Wildman–Crippen MR) is 82.2 cm³/mol. The van der Waals surface area contributed by atoms with Crippen molar-refractivity contribution in [1.29, 1.82) is 0 Å². The molecule has 2 aromatic carbocycles. The second-order valence-electron chi connectivity index (χ2n) is 4.09. The molecule has 0 aliphatic rings. The molecule has 0 aromatic heterocycles. The van der Waals surface area contributed by atoms with Crippen LogP contribution in [-0.2, 0) is 0 Å². The normalized spacial score (nSPS) is 10.2. The fourth-order valence-corrected chi connectivity index (χ4v) is 2.28. The van der Waals surface area contributed by atoms with Gasteiger partial charge in [0, 0.05) is 9.50 Å². The zero-order valence-electron chi connectivity index (χ0n) is 10.4. The average molecular weight is 371 g/mol. The molecule has 2 aromatic rings. The minimum absolute atomic E-state index is 0.00627. The Balaban J connectivity index is 2.34. The number of aromatic carboxylic acids is 1. The van der Waals surface area contributed by atoms with Crippen molar-refractivity contribution in [1.82, 2.24) is 0 Å². The van der Waals surface area contributed by atoms with Crippen molar-refractivity contribution in [3.05, 3.63) is 57.0 Å². The Bertz CT molecular complexity index is 733. The first-order valence-electron chi connectivity index (χ1n) is 5.72. The van der Waals surface area contributed by atoms with Crippen LogP contribution in [0, 0.1) is 0 Å². The van der Waals surface area contributed by atoms with E-state index in [-0.39, 0.29) is 16.8 Å². The number of hydrogen-bond acceptors (Lipinski definition) is 3. The molecule has 0 heterocycles. The van der Waals surface area contributed by atoms with Gasteiger partial charge in [0.2, 0.25) is 0 Å². The van der Waals surface area contributed by atoms with E-state index in [1.807, 2.05) is 0 Å². The third kappa shape index (κ3) is 3.34. The van der Waals surface area contributed by atoms with Gasteiger partial charge in [-0.2, -0.15) is 0 Å². The molecular weight excluding hydrogens is 362 g/mol. The van der Waals surface area contributed by atoms with Crippen LogP contribution >= 0.6 is 27.5 Å². The molecule has 7 heteroatoms. The average Bonchev–Trinajstić information content (AvgIpc) is 2.43. The molecule has 0 aliphatic carbocycles. The molecule has 1 amide bonds. The smallest absolute Gasteiger partial charge is 0.339 e. The van der Waals surface area contributed by atoms with Gasteiger partial charge in [-0.1, -0.05) is 17.7 Å². The first-order chi connectivity index (χ1) is 9.90. The molecule has 0 saturated heterocycles. The first kappa shape index (κ1) is 15.3. The summed E-state index contributed by atoms with van der Waals surface area (Å²) >= 11 is 9.06. The van der Waals surface area contributed by atoms with Crippen LogP contribution in [0.5, 0.6) is 5.75 Å². The maximum Gasteiger partial charge on any atom is 0.339 e. The van der Waals surface area contributed by atoms with E-state index in [1.165, 1.54) is 24.3 Å². The topological polar surface area (TPSA) is 86.6 Å². The number of rotatable bonds is 3. The largest absolute Gasteiger partial charge is 0.505 e. The number of para-hydroxylation sites is 1. The molecule has 108 valence electrons. The van der Waals surface area contributed by atoms with Crippen molar-refractivity contribution in [2.45, 2.75) is 0 Å². The zero-order chi connectivity index (χ0) is 15.6. The highest BCUT2D eigenvalue weighted by Gasteiger charge is 2.16. The number of halogens is 2. The number of carboxylic acid groups (broad SMARTS) is 1. The Morgan fingerprint density at radius 1 is 1.14 bits per heavy atom. The van der Waals surface area contributed by atoms with Gasteiger partial charge >= 0.3 is 5.97 Å². The quantitative estimate of drug-likeness (QED) is 0.718. The van der Waals surface area contributed by atoms with Crippen LogP contribution in [0.3, 0.4) is 0 Å². The summed E-state index contributed by atoms with van der Waals surface area (Å²) in [4.78, 5) is 23.1. The molecule has 3 N–H and O–H groups in total. The number of anilines is 1. The molecule has 0 atom stereocenters. The lowest BCUT2D eigenvalue weighted by atomic mass is 10.1. The van der Waals surface area contributed by atoms with Gasteiger partial charge in [-0.25, -0.2) is 4.79 Å². The summed E-state index contributed by atoms with van der Waals surface area (Å²) in [5, 5.41) is 21.6. The lowest BCUT2D eigenvalue weighted by Gasteiger charge is -2.10. The summed E-state index contributed by atoms with van der Waals surface area (Å²) in [7, 11) is 0. The van der Waals surface area contributed by atoms with Gasteiger partial charge in [0.15, 0.2) is 5.75 Å². The van der Waals surface area contributed by atoms with Gasteiger partial charge in [0.05, 0.1) is 11.3 Å². The highest BCUT2D eigenvalue weighted by Crippen LogP contribution is 2.29. The van der Waals surface area contributed by atoms with E-state index in [1.54, 1.807) is 12.1 Å². The van der Waals surface area contributed by atoms with Crippen LogP contribution in [0.4, 0.5) is 5.69 Å². The van der Waals surface area contributed by atoms with Crippen molar-refractivity contribution in [3.63, 3.8) is 0 Å². The lowest BCUT2D eigenvalue weighted by molar-refractivity contribution is 0.0693. The number of aromatic hydroxyl groups is 1. The molecule has 2 rings (SSSR count). The lowest BCUT2D eigenvalue weighted by Crippen LogP contribution is -2.13. The highest BCUT2D eigenvalue weighted by atomic mass is 79.9. The third-order valence-corrected chi connectivity index (χ3v) is 3.61. The second-order valence-corrected chi connectivity index (χ2v) is 5.38. The molecule has 5 nitrogen and oxygen atoms in total. The Kier molecular flexibility index (Phi) is 4.50. The number of hydrogen-bond donors (Lipinski definition) is 3. The Labute approximate surface area is 133 Å². The number of amides is 1. The SMILES string of the molecule is O=C(Nc1cccc(C(=O)O)c1O)c1cc(Cl)ccc1Br. The summed E-state index contributed by atoms with van der Waals surface area (Å²) in [6.07, 6.45) is 0. The van der Waals surface area contributed by atoms with Gasteiger partial charge in [0.1, 0.15) is 5.56 Å². The maximum atomic E-state index is 12.2. The monoisotopic (exact) mass is 369 g/mol. The Morgan fingerprint density at radius 2 is 1.86 bits per heavy atom. The van der Waals surface area contributed by atoms with Crippen LogP contribution in [0.15, 0.2) is 40.9 Å². The van der Waals surface area contributed by atoms with Gasteiger partial charge in [-0.3, -0.25) is 4.79 Å². The first-order valence-corrected chi connectivity index (χ1v) is 6.89. The summed E-state index contributed by atoms with van der Waals surface area (Å²) in [5.74, 6) is -2.31. The molecular formula is C14H9BrClNO4. The zero-order valence-corrected chi connectivity index (χ0v) is 12.8. The minimum atomic E-state index is -1.28. The van der Waals surface area contributed by atoms with Crippen molar-refractivity contribution in [2.75, 3.05) is 5.32 Å². The summed E-state index contributed by atoms with van der Waals surface area (Å²) in [6.45, 7) is 0. The van der Waals surface area contributed by atoms with E-state index < -0.39 is 17.6 Å². The number of carbonyl (C=O) groups excluding carboxylic acids is 1. The minimum Gasteiger partial charge on any atom is -0.505 e. The Morgan fingerprint density at radius 3 is 2.52 bits per heavy atom. The van der Waals surface area contributed by atoms with E-state index in [9.17, 15) is 14.7 Å². The summed E-state index contributed by atoms with van der Waals surface area (Å²) in [6, 6.07) is 8.75. The maximum absolute atomic E-state index is 12.2. The van der Waals surface area contributed by atoms with Crippen LogP contribution in [-0.4, -0.2) is 22.1 Å². The van der Waals surface area contributed by atoms with Gasteiger partial charge in [-0.15, -0.1) is 0 Å². The van der Waals surface area contributed by atoms with E-state index in [0.717, 1.165) is 0 Å². The standard InChI is InChI=1S/C14H9BrClNO4/c15-10-5-4-7(16)6-9(10)13(19)17-11-3-1-2-8(12(11)18)14(20)21/h1-6,18H,(H,17,19)(H,20,21). The predicted octanol–water partition coefficient (Wildman–Crippen LogP) is 3.76. The van der Waals surface area contributed by atoms with E-state index in [2.05, 4.69) is 21.2 Å². The molecule has 0 radical (unpaired) electrons. The third-order valence-electron chi connectivity index (χ3n) is 2.69. The van der Waals surface area contributed by atoms with Crippen molar-refractivity contribution < 1.29 is 19.8 Å². The van der Waals surface area contributed by atoms with E-state index in [4.69, 9.17) is 16.7 Å². The summed E-state index contributed by atoms with van der Waals surface area (Å²) < 4.78 is 0.526. The second kappa shape index (κ2) is 6.15. The van der Waals surface area contributed by atoms with E-state index >= 15 is 0 Å². The summed E-state index contributed by atoms with van der Waals surface area (Å²) in [5.41, 5.74) is -0.0210. The van der Waals surface area contributed by atoms with Gasteiger partial charge in [-0.05, 0) is 46.3 Å². The van der Waals surface area contributed by atoms with Crippen molar-refractivity contribution in [3.8, 4) is 5.75 Å². The molecule has 21 heavy (non-hydrogen) atoms. The number of carboxylic acids is 1. The molecule has 0 fully saturated rings. The van der Waals surface area contributed by atoms with Crippen LogP contribution < -0.4 is 5.32 Å². The number of phenols is 1. The van der Waals surface area contributed by atoms with Crippen LogP contribution in [0.25, 0.3) is 0 Å². The Hall–Kier alpha value is -2.05. The number of benzene rings is 2. The highest BCUT2D eigenvalue weighted by molar-refractivity contribution is 9.10. The molecule has 0 aliphatic heterocycles. The molecule has 0 unspecified atom stereocenters. The van der Waals surface area contributed by atoms with Gasteiger partial charge < -0.3 is 15.5 Å². The van der Waals surface area contributed by atoms with Crippen molar-refractivity contribution >= 4 is 45.1 Å². The van der Waals surface area contributed by atoms with E-state index in [0.29, 0.717) is 9.50 Å². The fraction of sp³-hybridized carbons (Fsp3) is 0. The van der Waals surface area contributed by atoms with Crippen molar-refractivity contribution in [2.24, 2.45) is 0 Å². The van der Waals surface area contributed by atoms with Crippen LogP contribution in [0.2, 0.25) is 5.02 Å². The fourth-order valence-electron chi connectivity index (χ4n) is 1.68. The number of nitrogens with one attached hydrogen (secondary N) is 1. The van der Waals surface area contributed by atoms with Gasteiger partial charge in [0.25, 0.3) is 5.91 Å².